The van der Waals surface area contributed by atoms with E-state index in [1.807, 2.05) is 22.4 Å². The molecule has 0 aliphatic carbocycles. The zero-order valence-electron chi connectivity index (χ0n) is 20.2. The fourth-order valence-corrected chi connectivity index (χ4v) is 5.44. The third-order valence-corrected chi connectivity index (χ3v) is 7.06. The molecule has 2 saturated heterocycles. The van der Waals surface area contributed by atoms with Gasteiger partial charge in [0.05, 0.1) is 29.0 Å². The number of hydrogen-bond donors (Lipinski definition) is 1. The molecular formula is C26H30N8O. The highest BCUT2D eigenvalue weighted by molar-refractivity contribution is 6.05. The molecule has 35 heavy (non-hydrogen) atoms. The molecule has 5 heterocycles. The van der Waals surface area contributed by atoms with Gasteiger partial charge in [0.2, 0.25) is 0 Å². The van der Waals surface area contributed by atoms with Crippen LogP contribution < -0.4 is 4.90 Å². The van der Waals surface area contributed by atoms with Crippen LogP contribution in [0.25, 0.3) is 16.6 Å². The van der Waals surface area contributed by atoms with E-state index in [0.29, 0.717) is 5.56 Å². The molecule has 1 aromatic carbocycles. The maximum atomic E-state index is 13.8. The summed E-state index contributed by atoms with van der Waals surface area (Å²) in [5, 5.41) is 19.5. The third-order valence-electron chi connectivity index (χ3n) is 7.06. The normalized spacial score (nSPS) is 18.1. The molecule has 1 amide bonds. The molecule has 2 aliphatic rings. The first-order valence-corrected chi connectivity index (χ1v) is 12.2. The van der Waals surface area contributed by atoms with Crippen molar-refractivity contribution in [2.24, 2.45) is 0 Å². The van der Waals surface area contributed by atoms with E-state index in [1.54, 1.807) is 6.20 Å². The Labute approximate surface area is 204 Å². The molecule has 0 spiro atoms. The number of fused-ring (bicyclic) bond motifs is 2. The number of nitriles is 1. The van der Waals surface area contributed by atoms with Gasteiger partial charge in [-0.3, -0.25) is 9.89 Å². The summed E-state index contributed by atoms with van der Waals surface area (Å²) < 4.78 is 1.88. The molecule has 9 nitrogen and oxygen atoms in total. The molecule has 1 unspecified atom stereocenters. The highest BCUT2D eigenvalue weighted by atomic mass is 16.2. The Morgan fingerprint density at radius 1 is 1.09 bits per heavy atom. The fraction of sp³-hybridized carbons (Fsp3) is 0.423. The summed E-state index contributed by atoms with van der Waals surface area (Å²) in [6.07, 6.45) is 9.29. The van der Waals surface area contributed by atoms with Gasteiger partial charge < -0.3 is 9.80 Å². The van der Waals surface area contributed by atoms with Crippen molar-refractivity contribution in [1.29, 1.82) is 5.26 Å². The summed E-state index contributed by atoms with van der Waals surface area (Å²) in [7, 11) is 0. The highest BCUT2D eigenvalue weighted by Crippen LogP contribution is 2.34. The number of aromatic nitrogens is 5. The van der Waals surface area contributed by atoms with E-state index in [-0.39, 0.29) is 11.9 Å². The van der Waals surface area contributed by atoms with Crippen LogP contribution in [0.15, 0.2) is 30.6 Å². The Bertz CT molecular complexity index is 1390. The molecule has 0 radical (unpaired) electrons. The van der Waals surface area contributed by atoms with Crippen molar-refractivity contribution in [3.8, 4) is 6.57 Å². The quantitative estimate of drug-likeness (QED) is 0.478. The summed E-state index contributed by atoms with van der Waals surface area (Å²) in [5.41, 5.74) is 5.45. The molecular weight excluding hydrogens is 440 g/mol. The largest absolute Gasteiger partial charge is 0.356 e. The lowest BCUT2D eigenvalue weighted by Gasteiger charge is -2.35. The lowest BCUT2D eigenvalue weighted by Crippen LogP contribution is -2.38. The number of benzene rings is 1. The minimum absolute atomic E-state index is 0.0385. The lowest BCUT2D eigenvalue weighted by molar-refractivity contribution is 0.0607. The standard InChI is InChI=1S/C25H29N7O.CHN/c1-16-11-18-14-26-28-23(18)19(12-16)25(33)31-10-4-3-7-21(31)20-13-22-27-24(30-8-5-6-9-30)17(2)15-32(22)29-20;1-2/h11-15,21H,3-10H2,1-2H3,(H,26,28);1H. The van der Waals surface area contributed by atoms with Gasteiger partial charge in [0.15, 0.2) is 5.65 Å². The molecule has 180 valence electrons. The van der Waals surface area contributed by atoms with Gasteiger partial charge in [0.1, 0.15) is 5.82 Å². The minimum atomic E-state index is -0.0537. The lowest BCUT2D eigenvalue weighted by atomic mass is 9.97. The van der Waals surface area contributed by atoms with Crippen LogP contribution in [-0.4, -0.2) is 55.2 Å². The number of aryl methyl sites for hydroxylation is 2. The molecule has 4 aromatic rings. The van der Waals surface area contributed by atoms with E-state index in [9.17, 15) is 4.79 Å². The number of anilines is 1. The molecule has 3 aromatic heterocycles. The van der Waals surface area contributed by atoms with Crippen LogP contribution in [0.3, 0.4) is 0 Å². The van der Waals surface area contributed by atoms with E-state index in [2.05, 4.69) is 46.9 Å². The van der Waals surface area contributed by atoms with Gasteiger partial charge in [-0.2, -0.15) is 10.2 Å². The number of likely N-dealkylation sites (tertiary alicyclic amines) is 1. The average molecular weight is 471 g/mol. The Morgan fingerprint density at radius 2 is 1.86 bits per heavy atom. The molecule has 2 fully saturated rings. The van der Waals surface area contributed by atoms with Crippen molar-refractivity contribution in [3.63, 3.8) is 0 Å². The maximum Gasteiger partial charge on any atom is 0.256 e. The van der Waals surface area contributed by atoms with Gasteiger partial charge in [0.25, 0.3) is 5.91 Å². The number of piperidine rings is 1. The fourth-order valence-electron chi connectivity index (χ4n) is 5.44. The second-order valence-corrected chi connectivity index (χ2v) is 9.47. The van der Waals surface area contributed by atoms with Crippen LogP contribution in [0.5, 0.6) is 0 Å². The Morgan fingerprint density at radius 3 is 2.66 bits per heavy atom. The summed E-state index contributed by atoms with van der Waals surface area (Å²) >= 11 is 0. The SMILES string of the molecule is C#N.Cc1cc(C(=O)N2CCCCC2c2cc3nc(N4CCCC4)c(C)cn3n2)c2[nH]ncc2c1. The minimum Gasteiger partial charge on any atom is -0.356 e. The van der Waals surface area contributed by atoms with E-state index in [0.717, 1.165) is 78.1 Å². The van der Waals surface area contributed by atoms with E-state index >= 15 is 0 Å². The smallest absolute Gasteiger partial charge is 0.256 e. The van der Waals surface area contributed by atoms with Crippen molar-refractivity contribution in [1.82, 2.24) is 29.7 Å². The number of carbonyl (C=O) groups excluding carboxylic acids is 1. The number of H-pyrrole nitrogens is 1. The van der Waals surface area contributed by atoms with E-state index < -0.39 is 0 Å². The van der Waals surface area contributed by atoms with Gasteiger partial charge in [-0.15, -0.1) is 0 Å². The number of aromatic amines is 1. The predicted octanol–water partition coefficient (Wildman–Crippen LogP) is 4.33. The summed E-state index contributed by atoms with van der Waals surface area (Å²) in [5.74, 6) is 1.10. The number of carbonyl (C=O) groups is 1. The van der Waals surface area contributed by atoms with Gasteiger partial charge in [0, 0.05) is 49.4 Å². The molecule has 6 rings (SSSR count). The van der Waals surface area contributed by atoms with Crippen LogP contribution in [0.2, 0.25) is 0 Å². The van der Waals surface area contributed by atoms with Crippen LogP contribution in [0.4, 0.5) is 5.82 Å². The molecule has 0 saturated carbocycles. The second-order valence-electron chi connectivity index (χ2n) is 9.47. The van der Waals surface area contributed by atoms with Crippen LogP contribution in [0, 0.1) is 25.7 Å². The highest BCUT2D eigenvalue weighted by Gasteiger charge is 2.32. The van der Waals surface area contributed by atoms with Crippen molar-refractivity contribution >= 4 is 28.3 Å². The number of hydrogen-bond acceptors (Lipinski definition) is 6. The van der Waals surface area contributed by atoms with Crippen LogP contribution >= 0.6 is 0 Å². The number of nitrogens with zero attached hydrogens (tertiary/aromatic N) is 7. The molecule has 1 atom stereocenters. The molecule has 2 aliphatic heterocycles. The first-order chi connectivity index (χ1) is 17.1. The number of rotatable bonds is 3. The summed E-state index contributed by atoms with van der Waals surface area (Å²) in [6.45, 7) is 10.5. The molecule has 0 bridgehead atoms. The monoisotopic (exact) mass is 470 g/mol. The van der Waals surface area contributed by atoms with Gasteiger partial charge >= 0.3 is 0 Å². The Hall–Kier alpha value is -3.93. The average Bonchev–Trinajstić information content (AvgIpc) is 3.64. The number of nitrogens with one attached hydrogen (secondary N) is 1. The van der Waals surface area contributed by atoms with E-state index in [1.165, 1.54) is 12.8 Å². The predicted molar refractivity (Wildman–Crippen MR) is 134 cm³/mol. The number of amides is 1. The van der Waals surface area contributed by atoms with Crippen LogP contribution in [-0.2, 0) is 0 Å². The molecule has 1 N–H and O–H groups in total. The zero-order chi connectivity index (χ0) is 24.5. The van der Waals surface area contributed by atoms with Gasteiger partial charge in [-0.25, -0.2) is 14.8 Å². The third kappa shape index (κ3) is 4.09. The van der Waals surface area contributed by atoms with Crippen molar-refractivity contribution in [2.45, 2.75) is 52.0 Å². The topological polar surface area (TPSA) is 106 Å². The zero-order valence-corrected chi connectivity index (χ0v) is 20.2. The van der Waals surface area contributed by atoms with E-state index in [4.69, 9.17) is 15.3 Å². The van der Waals surface area contributed by atoms with Gasteiger partial charge in [-0.1, -0.05) is 0 Å². The maximum absolute atomic E-state index is 13.8. The van der Waals surface area contributed by atoms with Crippen molar-refractivity contribution < 1.29 is 4.79 Å². The summed E-state index contributed by atoms with van der Waals surface area (Å²) in [4.78, 5) is 23.1. The second kappa shape index (κ2) is 9.37. The first kappa shape index (κ1) is 22.8. The summed E-state index contributed by atoms with van der Waals surface area (Å²) in [6, 6.07) is 6.03. The first-order valence-electron chi connectivity index (χ1n) is 12.2. The Balaban J connectivity index is 0.00000124. The molecule has 9 heteroatoms. The van der Waals surface area contributed by atoms with Crippen LogP contribution in [0.1, 0.15) is 65.3 Å². The van der Waals surface area contributed by atoms with Crippen molar-refractivity contribution in [3.05, 3.63) is 53.0 Å². The van der Waals surface area contributed by atoms with Crippen molar-refractivity contribution in [2.75, 3.05) is 24.5 Å². The Kier molecular flexibility index (Phi) is 6.12. The van der Waals surface area contributed by atoms with Gasteiger partial charge in [-0.05, 0) is 63.6 Å².